The quantitative estimate of drug-likeness (QED) is 0.516. The highest BCUT2D eigenvalue weighted by molar-refractivity contribution is 7.91. The van der Waals surface area contributed by atoms with E-state index in [1.54, 1.807) is 13.8 Å². The topological polar surface area (TPSA) is 34.1 Å². The van der Waals surface area contributed by atoms with Gasteiger partial charge < -0.3 is 0 Å². The average Bonchev–Trinajstić information content (AvgIpc) is 1.97. The number of unbranched alkanes of at least 4 members (excludes halogenated alkanes) is 1. The van der Waals surface area contributed by atoms with Crippen LogP contribution in [0.2, 0.25) is 0 Å². The molecule has 2 nitrogen and oxygen atoms in total. The highest BCUT2D eigenvalue weighted by atomic mass is 35.5. The molecule has 0 bridgehead atoms. The first-order chi connectivity index (χ1) is 5.86. The summed E-state index contributed by atoms with van der Waals surface area (Å²) in [5, 5.41) is -0.0947. The average molecular weight is 227 g/mol. The van der Waals surface area contributed by atoms with Gasteiger partial charge in [-0.2, -0.15) is 0 Å². The van der Waals surface area contributed by atoms with Crippen LogP contribution in [0.5, 0.6) is 0 Å². The Bertz CT molecular complexity index is 220. The fraction of sp³-hybridized carbons (Fsp3) is 1.00. The lowest BCUT2D eigenvalue weighted by molar-refractivity contribution is 0.581. The number of halogens is 1. The maximum Gasteiger partial charge on any atom is 0.152 e. The van der Waals surface area contributed by atoms with E-state index >= 15 is 0 Å². The molecule has 0 aromatic rings. The van der Waals surface area contributed by atoms with Crippen LogP contribution in [0.4, 0.5) is 0 Å². The van der Waals surface area contributed by atoms with Crippen molar-refractivity contribution in [3.8, 4) is 0 Å². The lowest BCUT2D eigenvalue weighted by Gasteiger charge is -2.07. The second kappa shape index (κ2) is 5.86. The predicted octanol–water partition coefficient (Wildman–Crippen LogP) is 2.61. The predicted molar refractivity (Wildman–Crippen MR) is 58.1 cm³/mol. The Kier molecular flexibility index (Phi) is 5.97. The standard InChI is InChI=1S/C9H19ClO2S/c1-8(2)13(11,12)7-5-4-6-9(3)10/h8-9H,4-7H2,1-3H3. The Morgan fingerprint density at radius 2 is 1.69 bits per heavy atom. The zero-order valence-electron chi connectivity index (χ0n) is 8.59. The van der Waals surface area contributed by atoms with Crippen LogP contribution in [0.1, 0.15) is 40.0 Å². The zero-order valence-corrected chi connectivity index (χ0v) is 10.2. The van der Waals surface area contributed by atoms with E-state index in [1.165, 1.54) is 0 Å². The summed E-state index contributed by atoms with van der Waals surface area (Å²) in [7, 11) is -2.84. The molecule has 0 aromatic carbocycles. The first-order valence-corrected chi connectivity index (χ1v) is 6.87. The molecular weight excluding hydrogens is 208 g/mol. The summed E-state index contributed by atoms with van der Waals surface area (Å²) in [4.78, 5) is 0. The number of hydrogen-bond donors (Lipinski definition) is 0. The van der Waals surface area contributed by atoms with Gasteiger partial charge in [0.2, 0.25) is 0 Å². The largest absolute Gasteiger partial charge is 0.229 e. The van der Waals surface area contributed by atoms with Crippen molar-refractivity contribution in [3.05, 3.63) is 0 Å². The summed E-state index contributed by atoms with van der Waals surface area (Å²) < 4.78 is 22.7. The third-order valence-electron chi connectivity index (χ3n) is 2.00. The Balaban J connectivity index is 3.66. The summed E-state index contributed by atoms with van der Waals surface area (Å²) in [6, 6.07) is 0. The van der Waals surface area contributed by atoms with Crippen LogP contribution in [0.3, 0.4) is 0 Å². The van der Waals surface area contributed by atoms with Gasteiger partial charge in [-0.05, 0) is 33.6 Å². The van der Waals surface area contributed by atoms with Crippen molar-refractivity contribution in [3.63, 3.8) is 0 Å². The molecule has 1 unspecified atom stereocenters. The smallest absolute Gasteiger partial charge is 0.152 e. The minimum absolute atomic E-state index is 0.154. The van der Waals surface area contributed by atoms with E-state index < -0.39 is 9.84 Å². The zero-order chi connectivity index (χ0) is 10.5. The normalized spacial score (nSPS) is 14.8. The van der Waals surface area contributed by atoms with Crippen molar-refractivity contribution in [2.75, 3.05) is 5.75 Å². The van der Waals surface area contributed by atoms with E-state index in [0.29, 0.717) is 5.75 Å². The molecule has 0 N–H and O–H groups in total. The lowest BCUT2D eigenvalue weighted by atomic mass is 10.2. The molecule has 80 valence electrons. The van der Waals surface area contributed by atoms with Gasteiger partial charge in [-0.1, -0.05) is 6.42 Å². The van der Waals surface area contributed by atoms with Crippen molar-refractivity contribution in [2.24, 2.45) is 0 Å². The fourth-order valence-electron chi connectivity index (χ4n) is 0.965. The van der Waals surface area contributed by atoms with Crippen LogP contribution in [-0.4, -0.2) is 24.8 Å². The van der Waals surface area contributed by atoms with Crippen LogP contribution in [0.25, 0.3) is 0 Å². The van der Waals surface area contributed by atoms with E-state index in [-0.39, 0.29) is 10.6 Å². The fourth-order valence-corrected chi connectivity index (χ4v) is 2.20. The van der Waals surface area contributed by atoms with Gasteiger partial charge in [0.15, 0.2) is 9.84 Å². The van der Waals surface area contributed by atoms with Gasteiger partial charge in [0.05, 0.1) is 11.0 Å². The SMILES string of the molecule is CC(Cl)CCCCS(=O)(=O)C(C)C. The lowest BCUT2D eigenvalue weighted by Crippen LogP contribution is -2.17. The van der Waals surface area contributed by atoms with E-state index in [1.807, 2.05) is 6.92 Å². The first kappa shape index (κ1) is 13.2. The Morgan fingerprint density at radius 1 is 1.15 bits per heavy atom. The van der Waals surface area contributed by atoms with Crippen LogP contribution >= 0.6 is 11.6 Å². The van der Waals surface area contributed by atoms with Crippen molar-refractivity contribution in [1.82, 2.24) is 0 Å². The molecule has 13 heavy (non-hydrogen) atoms. The monoisotopic (exact) mass is 226 g/mol. The molecular formula is C9H19ClO2S. The molecule has 0 aliphatic heterocycles. The third-order valence-corrected chi connectivity index (χ3v) is 4.51. The summed E-state index contributed by atoms with van der Waals surface area (Å²) >= 11 is 5.74. The minimum Gasteiger partial charge on any atom is -0.229 e. The maximum atomic E-state index is 11.3. The van der Waals surface area contributed by atoms with Gasteiger partial charge in [0.1, 0.15) is 0 Å². The van der Waals surface area contributed by atoms with Crippen LogP contribution in [0.15, 0.2) is 0 Å². The molecule has 0 heterocycles. The molecule has 4 heteroatoms. The highest BCUT2D eigenvalue weighted by Crippen LogP contribution is 2.09. The number of hydrogen-bond acceptors (Lipinski definition) is 2. The van der Waals surface area contributed by atoms with Crippen molar-refractivity contribution in [1.29, 1.82) is 0 Å². The van der Waals surface area contributed by atoms with Gasteiger partial charge >= 0.3 is 0 Å². The van der Waals surface area contributed by atoms with Gasteiger partial charge in [-0.25, -0.2) is 8.42 Å². The molecule has 0 amide bonds. The van der Waals surface area contributed by atoms with Crippen LogP contribution < -0.4 is 0 Å². The van der Waals surface area contributed by atoms with Gasteiger partial charge in [-0.15, -0.1) is 11.6 Å². The molecule has 0 radical (unpaired) electrons. The van der Waals surface area contributed by atoms with E-state index in [0.717, 1.165) is 19.3 Å². The summed E-state index contributed by atoms with van der Waals surface area (Å²) in [6.07, 6.45) is 2.53. The number of rotatable bonds is 6. The van der Waals surface area contributed by atoms with E-state index in [4.69, 9.17) is 11.6 Å². The second-order valence-corrected chi connectivity index (χ2v) is 7.11. The summed E-state index contributed by atoms with van der Waals surface area (Å²) in [6.45, 7) is 5.37. The molecule has 0 fully saturated rings. The molecule has 0 aromatic heterocycles. The molecule has 0 aliphatic carbocycles. The van der Waals surface area contributed by atoms with Crippen molar-refractivity contribution >= 4 is 21.4 Å². The minimum atomic E-state index is -2.84. The van der Waals surface area contributed by atoms with E-state index in [2.05, 4.69) is 0 Å². The first-order valence-electron chi connectivity index (χ1n) is 4.72. The van der Waals surface area contributed by atoms with Crippen LogP contribution in [0, 0.1) is 0 Å². The Labute approximate surface area is 86.6 Å². The molecule has 0 rings (SSSR count). The molecule has 0 spiro atoms. The number of alkyl halides is 1. The number of sulfone groups is 1. The Morgan fingerprint density at radius 3 is 2.08 bits per heavy atom. The van der Waals surface area contributed by atoms with E-state index in [9.17, 15) is 8.42 Å². The molecule has 0 saturated heterocycles. The van der Waals surface area contributed by atoms with Gasteiger partial charge in [0.25, 0.3) is 0 Å². The summed E-state index contributed by atoms with van der Waals surface area (Å²) in [5.74, 6) is 0.300. The van der Waals surface area contributed by atoms with Gasteiger partial charge in [0, 0.05) is 5.38 Å². The molecule has 0 saturated carbocycles. The molecule has 1 atom stereocenters. The molecule has 0 aliphatic rings. The summed E-state index contributed by atoms with van der Waals surface area (Å²) in [5.41, 5.74) is 0. The van der Waals surface area contributed by atoms with Crippen molar-refractivity contribution in [2.45, 2.75) is 50.7 Å². The third kappa shape index (κ3) is 6.33. The van der Waals surface area contributed by atoms with Crippen LogP contribution in [-0.2, 0) is 9.84 Å². The second-order valence-electron chi connectivity index (χ2n) is 3.69. The van der Waals surface area contributed by atoms with Crippen molar-refractivity contribution < 1.29 is 8.42 Å². The maximum absolute atomic E-state index is 11.3. The van der Waals surface area contributed by atoms with Gasteiger partial charge in [-0.3, -0.25) is 0 Å². The Hall–Kier alpha value is 0.240. The highest BCUT2D eigenvalue weighted by Gasteiger charge is 2.14.